The molecule has 1 heterocycles. The van der Waals surface area contributed by atoms with Gasteiger partial charge in [0.05, 0.1) is 11.9 Å². The Labute approximate surface area is 139 Å². The summed E-state index contributed by atoms with van der Waals surface area (Å²) >= 11 is 0. The van der Waals surface area contributed by atoms with E-state index >= 15 is 0 Å². The zero-order valence-corrected chi connectivity index (χ0v) is 14.4. The first-order valence-electron chi connectivity index (χ1n) is 7.51. The summed E-state index contributed by atoms with van der Waals surface area (Å²) in [7, 11) is -1.04. The van der Waals surface area contributed by atoms with Gasteiger partial charge in [0.25, 0.3) is 5.91 Å². The van der Waals surface area contributed by atoms with Crippen LogP contribution in [0.5, 0.6) is 0 Å². The summed E-state index contributed by atoms with van der Waals surface area (Å²) in [5.74, 6) is 0.679. The largest absolute Gasteiger partial charge is 0.357 e. The Hall–Kier alpha value is -2.21. The Morgan fingerprint density at radius 1 is 1.13 bits per heavy atom. The molecule has 0 bridgehead atoms. The van der Waals surface area contributed by atoms with E-state index in [1.165, 1.54) is 0 Å². The summed E-state index contributed by atoms with van der Waals surface area (Å²) in [5.41, 5.74) is 1.17. The van der Waals surface area contributed by atoms with E-state index < -0.39 is 10.8 Å². The first kappa shape index (κ1) is 17.1. The summed E-state index contributed by atoms with van der Waals surface area (Å²) in [6.07, 6.45) is 3.26. The number of carbonyl (C=O) groups excluding carboxylic acids is 1. The maximum Gasteiger partial charge on any atom is 0.255 e. The van der Waals surface area contributed by atoms with Crippen molar-refractivity contribution in [2.45, 2.75) is 18.7 Å². The molecule has 0 spiro atoms. The Bertz CT molecular complexity index is 680. The van der Waals surface area contributed by atoms with Crippen molar-refractivity contribution in [3.05, 3.63) is 48.2 Å². The molecule has 1 atom stereocenters. The number of hydrogen-bond donors (Lipinski definition) is 1. The van der Waals surface area contributed by atoms with Crippen molar-refractivity contribution in [1.82, 2.24) is 4.98 Å². The number of carbonyl (C=O) groups is 1. The number of hydrogen-bond acceptors (Lipinski definition) is 4. The molecule has 0 aliphatic heterocycles. The van der Waals surface area contributed by atoms with Gasteiger partial charge in [-0.05, 0) is 50.2 Å². The third kappa shape index (κ3) is 4.39. The van der Waals surface area contributed by atoms with Crippen molar-refractivity contribution in [2.24, 2.45) is 0 Å². The molecule has 0 unspecified atom stereocenters. The fraction of sp³-hybridized carbons (Fsp3) is 0.294. The van der Waals surface area contributed by atoms with E-state index in [0.29, 0.717) is 16.1 Å². The Morgan fingerprint density at radius 2 is 1.78 bits per heavy atom. The average Bonchev–Trinajstić information content (AvgIpc) is 2.57. The zero-order valence-electron chi connectivity index (χ0n) is 13.6. The van der Waals surface area contributed by atoms with Crippen LogP contribution in [0.25, 0.3) is 0 Å². The van der Waals surface area contributed by atoms with Crippen molar-refractivity contribution in [1.29, 1.82) is 0 Å². The van der Waals surface area contributed by atoms with E-state index in [2.05, 4.69) is 29.0 Å². The molecule has 122 valence electrons. The molecule has 23 heavy (non-hydrogen) atoms. The fourth-order valence-corrected chi connectivity index (χ4v) is 2.72. The van der Waals surface area contributed by atoms with Gasteiger partial charge in [-0.2, -0.15) is 0 Å². The van der Waals surface area contributed by atoms with Gasteiger partial charge in [-0.1, -0.05) is 0 Å². The average molecular weight is 331 g/mol. The molecule has 0 saturated heterocycles. The van der Waals surface area contributed by atoms with Crippen molar-refractivity contribution >= 4 is 28.2 Å². The van der Waals surface area contributed by atoms with Gasteiger partial charge in [0.2, 0.25) is 0 Å². The van der Waals surface area contributed by atoms with E-state index in [1.54, 1.807) is 36.7 Å². The lowest BCUT2D eigenvalue weighted by Gasteiger charge is -2.19. The maximum absolute atomic E-state index is 12.2. The number of rotatable bonds is 6. The van der Waals surface area contributed by atoms with Crippen LogP contribution in [-0.4, -0.2) is 34.4 Å². The van der Waals surface area contributed by atoms with E-state index in [1.807, 2.05) is 12.1 Å². The third-order valence-corrected chi connectivity index (χ3v) is 4.48. The van der Waals surface area contributed by atoms with Crippen LogP contribution in [0.4, 0.5) is 11.5 Å². The topological polar surface area (TPSA) is 62.3 Å². The standard InChI is InChI=1S/C17H21N3O2S/c1-4-20(5-2)16-11-8-14(12-18-16)19-17(21)13-6-9-15(10-7-13)23(3)22/h6-12H,4-5H2,1-3H3,(H,19,21)/t23-/m0/s1. The first-order valence-corrected chi connectivity index (χ1v) is 9.06. The summed E-state index contributed by atoms with van der Waals surface area (Å²) in [4.78, 5) is 19.4. The SMILES string of the molecule is CCN(CC)c1ccc(NC(=O)c2ccc([S@](C)=O)cc2)cn1. The predicted octanol–water partition coefficient (Wildman–Crippen LogP) is 2.92. The molecular weight excluding hydrogens is 310 g/mol. The molecule has 1 N–H and O–H groups in total. The summed E-state index contributed by atoms with van der Waals surface area (Å²) in [5, 5.41) is 2.81. The second-order valence-electron chi connectivity index (χ2n) is 5.01. The number of nitrogens with one attached hydrogen (secondary N) is 1. The van der Waals surface area contributed by atoms with Crippen molar-refractivity contribution < 1.29 is 9.00 Å². The molecule has 1 aromatic carbocycles. The lowest BCUT2D eigenvalue weighted by molar-refractivity contribution is 0.102. The lowest BCUT2D eigenvalue weighted by atomic mass is 10.2. The van der Waals surface area contributed by atoms with Crippen LogP contribution < -0.4 is 10.2 Å². The van der Waals surface area contributed by atoms with E-state index in [9.17, 15) is 9.00 Å². The Morgan fingerprint density at radius 3 is 2.26 bits per heavy atom. The summed E-state index contributed by atoms with van der Waals surface area (Å²) < 4.78 is 11.4. The van der Waals surface area contributed by atoms with Crippen molar-refractivity contribution in [3.8, 4) is 0 Å². The normalized spacial score (nSPS) is 11.8. The quantitative estimate of drug-likeness (QED) is 0.884. The van der Waals surface area contributed by atoms with Crippen molar-refractivity contribution in [2.75, 3.05) is 29.6 Å². The number of amides is 1. The van der Waals surface area contributed by atoms with Crippen LogP contribution in [0.3, 0.4) is 0 Å². The Kier molecular flexibility index (Phi) is 5.87. The van der Waals surface area contributed by atoms with Gasteiger partial charge in [0, 0.05) is 40.6 Å². The lowest BCUT2D eigenvalue weighted by Crippen LogP contribution is -2.22. The molecule has 0 aliphatic rings. The molecule has 0 saturated carbocycles. The second kappa shape index (κ2) is 7.87. The number of pyridine rings is 1. The maximum atomic E-state index is 12.2. The molecule has 2 rings (SSSR count). The van der Waals surface area contributed by atoms with E-state index in [-0.39, 0.29) is 5.91 Å². The van der Waals surface area contributed by atoms with Gasteiger partial charge < -0.3 is 10.2 Å². The molecule has 0 fully saturated rings. The van der Waals surface area contributed by atoms with E-state index in [4.69, 9.17) is 0 Å². The van der Waals surface area contributed by atoms with Gasteiger partial charge in [0.1, 0.15) is 5.82 Å². The first-order chi connectivity index (χ1) is 11.0. The summed E-state index contributed by atoms with van der Waals surface area (Å²) in [6, 6.07) is 10.5. The van der Waals surface area contributed by atoms with Crippen LogP contribution in [0.1, 0.15) is 24.2 Å². The highest BCUT2D eigenvalue weighted by atomic mass is 32.2. The molecule has 5 nitrogen and oxygen atoms in total. The Balaban J connectivity index is 2.06. The van der Waals surface area contributed by atoms with Gasteiger partial charge in [0.15, 0.2) is 0 Å². The number of anilines is 2. The number of aromatic nitrogens is 1. The highest BCUT2D eigenvalue weighted by molar-refractivity contribution is 7.84. The minimum absolute atomic E-state index is 0.212. The molecular formula is C17H21N3O2S. The van der Waals surface area contributed by atoms with E-state index in [0.717, 1.165) is 18.9 Å². The molecule has 6 heteroatoms. The molecule has 2 aromatic rings. The monoisotopic (exact) mass is 331 g/mol. The molecule has 1 amide bonds. The van der Waals surface area contributed by atoms with Crippen LogP contribution in [0.2, 0.25) is 0 Å². The van der Waals surface area contributed by atoms with Gasteiger partial charge in [-0.15, -0.1) is 0 Å². The zero-order chi connectivity index (χ0) is 16.8. The van der Waals surface area contributed by atoms with Gasteiger partial charge in [-0.3, -0.25) is 9.00 Å². The van der Waals surface area contributed by atoms with Crippen LogP contribution in [0, 0.1) is 0 Å². The predicted molar refractivity (Wildman–Crippen MR) is 94.5 cm³/mol. The molecule has 0 aliphatic carbocycles. The van der Waals surface area contributed by atoms with Crippen molar-refractivity contribution in [3.63, 3.8) is 0 Å². The van der Waals surface area contributed by atoms with Gasteiger partial charge >= 0.3 is 0 Å². The van der Waals surface area contributed by atoms with Gasteiger partial charge in [-0.25, -0.2) is 4.98 Å². The number of nitrogens with zero attached hydrogens (tertiary/aromatic N) is 2. The van der Waals surface area contributed by atoms with Crippen LogP contribution >= 0.6 is 0 Å². The minimum Gasteiger partial charge on any atom is -0.357 e. The second-order valence-corrected chi connectivity index (χ2v) is 6.39. The summed E-state index contributed by atoms with van der Waals surface area (Å²) in [6.45, 7) is 5.93. The minimum atomic E-state index is -1.04. The molecule has 0 radical (unpaired) electrons. The molecule has 1 aromatic heterocycles. The van der Waals surface area contributed by atoms with Crippen LogP contribution in [0.15, 0.2) is 47.5 Å². The smallest absolute Gasteiger partial charge is 0.255 e. The fourth-order valence-electron chi connectivity index (χ4n) is 2.20. The number of benzene rings is 1. The highest BCUT2D eigenvalue weighted by Gasteiger charge is 2.08. The third-order valence-electron chi connectivity index (χ3n) is 3.54. The highest BCUT2D eigenvalue weighted by Crippen LogP contribution is 2.15. The van der Waals surface area contributed by atoms with Crippen LogP contribution in [-0.2, 0) is 10.8 Å².